The lowest BCUT2D eigenvalue weighted by Crippen LogP contribution is -2.10. The Morgan fingerprint density at radius 2 is 1.94 bits per heavy atom. The van der Waals surface area contributed by atoms with E-state index in [1.54, 1.807) is 26.0 Å². The fraction of sp³-hybridized carbons (Fsp3) is 0.333. The van der Waals surface area contributed by atoms with E-state index in [1.165, 1.54) is 19.1 Å². The van der Waals surface area contributed by atoms with Crippen LogP contribution in [-0.2, 0) is 14.3 Å². The van der Waals surface area contributed by atoms with E-state index in [0.717, 1.165) is 0 Å². The molecule has 1 N–H and O–H groups in total. The Morgan fingerprint density at radius 1 is 1.31 bits per heavy atom. The second-order valence-corrected chi connectivity index (χ2v) is 3.05. The zero-order valence-corrected chi connectivity index (χ0v) is 9.69. The lowest BCUT2D eigenvalue weighted by molar-refractivity contribution is -0.133. The Morgan fingerprint density at radius 3 is 2.31 bits per heavy atom. The zero-order valence-electron chi connectivity index (χ0n) is 9.69. The molecule has 0 radical (unpaired) electrons. The van der Waals surface area contributed by atoms with E-state index in [1.807, 2.05) is 0 Å². The van der Waals surface area contributed by atoms with Crippen LogP contribution in [0.1, 0.15) is 20.8 Å². The molecule has 0 rings (SSSR count). The first kappa shape index (κ1) is 14.2. The second kappa shape index (κ2) is 7.45. The van der Waals surface area contributed by atoms with E-state index < -0.39 is 5.97 Å². The van der Waals surface area contributed by atoms with Crippen molar-refractivity contribution in [1.29, 1.82) is 0 Å². The summed E-state index contributed by atoms with van der Waals surface area (Å²) in [6.45, 7) is 4.65. The van der Waals surface area contributed by atoms with E-state index >= 15 is 0 Å². The van der Waals surface area contributed by atoms with Crippen LogP contribution >= 0.6 is 0 Å². The number of aliphatic carboxylic acids is 1. The molecule has 16 heavy (non-hydrogen) atoms. The molecule has 0 fully saturated rings. The lowest BCUT2D eigenvalue weighted by Gasteiger charge is -2.08. The normalized spacial score (nSPS) is 12.9. The summed E-state index contributed by atoms with van der Waals surface area (Å²) in [5, 5.41) is 8.91. The molecule has 0 saturated heterocycles. The quantitative estimate of drug-likeness (QED) is 0.426. The molecule has 0 bridgehead atoms. The van der Waals surface area contributed by atoms with Gasteiger partial charge in [0.15, 0.2) is 5.78 Å². The van der Waals surface area contributed by atoms with Crippen LogP contribution < -0.4 is 0 Å². The number of ether oxygens (including phenoxy) is 1. The number of carbonyl (C=O) groups is 2. The number of carbonyl (C=O) groups excluding carboxylic acids is 1. The van der Waals surface area contributed by atoms with Crippen LogP contribution in [0.5, 0.6) is 0 Å². The number of hydrogen-bond donors (Lipinski definition) is 1. The molecule has 88 valence electrons. The van der Waals surface area contributed by atoms with E-state index in [2.05, 4.69) is 0 Å². The van der Waals surface area contributed by atoms with Crippen LogP contribution in [0, 0.1) is 0 Å². The Kier molecular flexibility index (Phi) is 6.59. The molecule has 0 aliphatic carbocycles. The maximum Gasteiger partial charge on any atom is 0.339 e. The van der Waals surface area contributed by atoms with Gasteiger partial charge in [-0.25, -0.2) is 4.79 Å². The van der Waals surface area contributed by atoms with Gasteiger partial charge in [-0.3, -0.25) is 4.79 Å². The number of carboxylic acid groups (broad SMARTS) is 1. The van der Waals surface area contributed by atoms with E-state index in [-0.39, 0.29) is 23.7 Å². The van der Waals surface area contributed by atoms with Crippen molar-refractivity contribution in [1.82, 2.24) is 0 Å². The molecule has 0 spiro atoms. The molecule has 0 saturated carbocycles. The van der Waals surface area contributed by atoms with E-state index in [0.29, 0.717) is 0 Å². The Hall–Kier alpha value is -1.84. The summed E-state index contributed by atoms with van der Waals surface area (Å²) in [4.78, 5) is 21.6. The predicted molar refractivity (Wildman–Crippen MR) is 60.9 cm³/mol. The van der Waals surface area contributed by atoms with Gasteiger partial charge in [0.2, 0.25) is 0 Å². The highest BCUT2D eigenvalue weighted by molar-refractivity contribution is 5.91. The molecule has 0 aromatic carbocycles. The first-order chi connectivity index (χ1) is 7.52. The van der Waals surface area contributed by atoms with Crippen molar-refractivity contribution >= 4 is 11.8 Å². The predicted octanol–water partition coefficient (Wildman–Crippen LogP) is 2.08. The summed E-state index contributed by atoms with van der Waals surface area (Å²) in [6, 6.07) is 0. The van der Waals surface area contributed by atoms with Crippen molar-refractivity contribution in [2.75, 3.05) is 6.61 Å². The zero-order chi connectivity index (χ0) is 12.6. The molecule has 0 aromatic rings. The van der Waals surface area contributed by atoms with Gasteiger partial charge >= 0.3 is 5.97 Å². The van der Waals surface area contributed by atoms with Gasteiger partial charge in [-0.2, -0.15) is 0 Å². The summed E-state index contributed by atoms with van der Waals surface area (Å²) in [6.07, 6.45) is 6.35. The fourth-order valence-electron chi connectivity index (χ4n) is 0.950. The molecular formula is C12H16O4. The van der Waals surface area contributed by atoms with Gasteiger partial charge < -0.3 is 9.84 Å². The van der Waals surface area contributed by atoms with Crippen molar-refractivity contribution in [2.45, 2.75) is 20.8 Å². The van der Waals surface area contributed by atoms with Crippen LogP contribution in [0.4, 0.5) is 0 Å². The SMILES string of the molecule is C\C=C/C=C(OCC(C)=O)\C(=C/C)C(=O)O. The van der Waals surface area contributed by atoms with E-state index in [9.17, 15) is 9.59 Å². The van der Waals surface area contributed by atoms with Gasteiger partial charge in [-0.15, -0.1) is 0 Å². The first-order valence-electron chi connectivity index (χ1n) is 4.88. The molecule has 0 aliphatic heterocycles. The standard InChI is InChI=1S/C12H16O4/c1-4-6-7-11(16-8-9(3)13)10(5-2)12(14)15/h4-7H,8H2,1-3H3,(H,14,15)/b6-4-,10-5+,11-7+. The van der Waals surface area contributed by atoms with Gasteiger partial charge in [0, 0.05) is 0 Å². The average molecular weight is 224 g/mol. The maximum atomic E-state index is 10.9. The fourth-order valence-corrected chi connectivity index (χ4v) is 0.950. The molecule has 0 aliphatic rings. The topological polar surface area (TPSA) is 63.6 Å². The molecular weight excluding hydrogens is 208 g/mol. The summed E-state index contributed by atoms with van der Waals surface area (Å²) in [5.41, 5.74) is 0.0411. The number of ketones is 1. The number of Topliss-reactive ketones (excluding diaryl/α,β-unsaturated/α-hetero) is 1. The summed E-state index contributed by atoms with van der Waals surface area (Å²) in [5.74, 6) is -1.06. The Bertz CT molecular complexity index is 348. The van der Waals surface area contributed by atoms with Crippen molar-refractivity contribution in [2.24, 2.45) is 0 Å². The van der Waals surface area contributed by atoms with Gasteiger partial charge in [-0.1, -0.05) is 18.2 Å². The molecule has 0 heterocycles. The number of rotatable bonds is 6. The first-order valence-corrected chi connectivity index (χ1v) is 4.88. The van der Waals surface area contributed by atoms with Crippen LogP contribution in [0.15, 0.2) is 35.6 Å². The van der Waals surface area contributed by atoms with Crippen molar-refractivity contribution in [3.63, 3.8) is 0 Å². The Labute approximate surface area is 94.9 Å². The van der Waals surface area contributed by atoms with Crippen LogP contribution in [0.25, 0.3) is 0 Å². The number of carboxylic acids is 1. The van der Waals surface area contributed by atoms with Crippen molar-refractivity contribution in [3.8, 4) is 0 Å². The molecule has 0 amide bonds. The molecule has 4 nitrogen and oxygen atoms in total. The van der Waals surface area contributed by atoms with Gasteiger partial charge in [0.25, 0.3) is 0 Å². The van der Waals surface area contributed by atoms with E-state index in [4.69, 9.17) is 9.84 Å². The Balaban J connectivity index is 4.93. The molecule has 4 heteroatoms. The largest absolute Gasteiger partial charge is 0.485 e. The summed E-state index contributed by atoms with van der Waals surface area (Å²) < 4.78 is 5.13. The number of allylic oxidation sites excluding steroid dienone is 4. The van der Waals surface area contributed by atoms with Crippen molar-refractivity contribution in [3.05, 3.63) is 35.6 Å². The van der Waals surface area contributed by atoms with Gasteiger partial charge in [0.05, 0.1) is 5.57 Å². The lowest BCUT2D eigenvalue weighted by atomic mass is 10.2. The van der Waals surface area contributed by atoms with Gasteiger partial charge in [-0.05, 0) is 26.8 Å². The molecule has 0 atom stereocenters. The van der Waals surface area contributed by atoms with Gasteiger partial charge in [0.1, 0.15) is 12.4 Å². The smallest absolute Gasteiger partial charge is 0.339 e. The third-order valence-corrected chi connectivity index (χ3v) is 1.66. The summed E-state index contributed by atoms with van der Waals surface area (Å²) >= 11 is 0. The molecule has 0 unspecified atom stereocenters. The number of hydrogen-bond acceptors (Lipinski definition) is 3. The third kappa shape index (κ3) is 5.14. The second-order valence-electron chi connectivity index (χ2n) is 3.05. The minimum absolute atomic E-state index is 0.0411. The minimum Gasteiger partial charge on any atom is -0.485 e. The highest BCUT2D eigenvalue weighted by Crippen LogP contribution is 2.12. The van der Waals surface area contributed by atoms with Crippen LogP contribution in [-0.4, -0.2) is 23.5 Å². The average Bonchev–Trinajstić information content (AvgIpc) is 2.21. The van der Waals surface area contributed by atoms with Crippen LogP contribution in [0.3, 0.4) is 0 Å². The van der Waals surface area contributed by atoms with Crippen molar-refractivity contribution < 1.29 is 19.4 Å². The monoisotopic (exact) mass is 224 g/mol. The molecule has 0 aromatic heterocycles. The van der Waals surface area contributed by atoms with Crippen LogP contribution in [0.2, 0.25) is 0 Å². The highest BCUT2D eigenvalue weighted by Gasteiger charge is 2.13. The summed E-state index contributed by atoms with van der Waals surface area (Å²) in [7, 11) is 0. The maximum absolute atomic E-state index is 10.9. The highest BCUT2D eigenvalue weighted by atomic mass is 16.5. The minimum atomic E-state index is -1.08. The third-order valence-electron chi connectivity index (χ3n) is 1.66.